The van der Waals surface area contributed by atoms with Crippen LogP contribution in [0.5, 0.6) is 0 Å². The van der Waals surface area contributed by atoms with Crippen LogP contribution in [0.1, 0.15) is 49.2 Å². The Morgan fingerprint density at radius 2 is 2.13 bits per heavy atom. The Bertz CT molecular complexity index is 751. The Kier molecular flexibility index (Phi) is 4.19. The Labute approximate surface area is 141 Å². The summed E-state index contributed by atoms with van der Waals surface area (Å²) in [5.74, 6) is 0.369. The molecule has 1 aliphatic carbocycles. The van der Waals surface area contributed by atoms with Crippen LogP contribution in [0.15, 0.2) is 24.3 Å². The third-order valence-corrected chi connectivity index (χ3v) is 4.70. The molecule has 5 heteroatoms. The lowest BCUT2D eigenvalue weighted by molar-refractivity contribution is -0.117. The molecule has 1 N–H and O–H groups in total. The van der Waals surface area contributed by atoms with Gasteiger partial charge < -0.3 is 5.32 Å². The van der Waals surface area contributed by atoms with Crippen molar-refractivity contribution in [2.24, 2.45) is 5.92 Å². The first-order valence-electron chi connectivity index (χ1n) is 8.00. The highest BCUT2D eigenvalue weighted by Gasteiger charge is 2.44. The maximum atomic E-state index is 12.5. The molecule has 2 atom stereocenters. The molecule has 1 aromatic carbocycles. The maximum Gasteiger partial charge on any atom is 0.228 e. The van der Waals surface area contributed by atoms with Gasteiger partial charge in [-0.25, -0.2) is 0 Å². The average molecular weight is 332 g/mol. The molecule has 0 aliphatic heterocycles. The summed E-state index contributed by atoms with van der Waals surface area (Å²) in [5, 5.41) is 8.31. The quantitative estimate of drug-likeness (QED) is 0.898. The molecule has 1 saturated carbocycles. The lowest BCUT2D eigenvalue weighted by Crippen LogP contribution is -2.16. The molecule has 0 spiro atoms. The monoisotopic (exact) mass is 331 g/mol. The summed E-state index contributed by atoms with van der Waals surface area (Å²) < 4.78 is 1.95. The molecule has 1 fully saturated rings. The van der Waals surface area contributed by atoms with Gasteiger partial charge in [0.05, 0.1) is 17.1 Å². The molecular weight excluding hydrogens is 310 g/mol. The smallest absolute Gasteiger partial charge is 0.228 e. The van der Waals surface area contributed by atoms with E-state index in [1.807, 2.05) is 42.8 Å². The van der Waals surface area contributed by atoms with Gasteiger partial charge in [-0.15, -0.1) is 0 Å². The van der Waals surface area contributed by atoms with Crippen molar-refractivity contribution in [1.82, 2.24) is 9.78 Å². The molecule has 1 aromatic heterocycles. The van der Waals surface area contributed by atoms with Crippen molar-refractivity contribution in [2.75, 3.05) is 5.32 Å². The van der Waals surface area contributed by atoms with Gasteiger partial charge in [0.2, 0.25) is 5.91 Å². The molecule has 0 radical (unpaired) electrons. The fourth-order valence-corrected chi connectivity index (χ4v) is 3.35. The zero-order valence-corrected chi connectivity index (χ0v) is 14.7. The molecule has 23 heavy (non-hydrogen) atoms. The van der Waals surface area contributed by atoms with E-state index in [0.29, 0.717) is 0 Å². The highest BCUT2D eigenvalue weighted by atomic mass is 35.5. The van der Waals surface area contributed by atoms with Crippen LogP contribution >= 0.6 is 11.6 Å². The van der Waals surface area contributed by atoms with Gasteiger partial charge in [0.25, 0.3) is 0 Å². The van der Waals surface area contributed by atoms with E-state index in [-0.39, 0.29) is 23.8 Å². The standard InChI is InChI=1S/C18H22ClN3O/c1-10(2)22-12(4)17(11(3)21-22)20-18(23)16-9-15(16)13-6-5-7-14(19)8-13/h5-8,10,15-16H,9H2,1-4H3,(H,20,23). The third kappa shape index (κ3) is 3.13. The number of carbonyl (C=O) groups is 1. The molecule has 122 valence electrons. The van der Waals surface area contributed by atoms with Crippen LogP contribution in [-0.2, 0) is 4.79 Å². The van der Waals surface area contributed by atoms with E-state index < -0.39 is 0 Å². The van der Waals surface area contributed by atoms with E-state index in [1.54, 1.807) is 0 Å². The van der Waals surface area contributed by atoms with Crippen LogP contribution in [0.25, 0.3) is 0 Å². The van der Waals surface area contributed by atoms with Crippen LogP contribution in [0.3, 0.4) is 0 Å². The summed E-state index contributed by atoms with van der Waals surface area (Å²) in [6, 6.07) is 8.06. The molecule has 1 amide bonds. The highest BCUT2D eigenvalue weighted by molar-refractivity contribution is 6.30. The summed E-state index contributed by atoms with van der Waals surface area (Å²) in [4.78, 5) is 12.5. The van der Waals surface area contributed by atoms with Crippen LogP contribution in [0.2, 0.25) is 5.02 Å². The SMILES string of the molecule is Cc1nn(C(C)C)c(C)c1NC(=O)C1CC1c1cccc(Cl)c1. The zero-order chi connectivity index (χ0) is 16.7. The van der Waals surface area contributed by atoms with Gasteiger partial charge in [0.1, 0.15) is 0 Å². The van der Waals surface area contributed by atoms with E-state index in [9.17, 15) is 4.79 Å². The normalized spacial score (nSPS) is 19.9. The van der Waals surface area contributed by atoms with Gasteiger partial charge in [-0.05, 0) is 57.7 Å². The summed E-state index contributed by atoms with van der Waals surface area (Å²) in [5.41, 5.74) is 3.86. The van der Waals surface area contributed by atoms with Crippen LogP contribution in [0, 0.1) is 19.8 Å². The van der Waals surface area contributed by atoms with E-state index in [2.05, 4.69) is 24.3 Å². The van der Waals surface area contributed by atoms with Crippen molar-refractivity contribution in [1.29, 1.82) is 0 Å². The molecule has 4 nitrogen and oxygen atoms in total. The first-order chi connectivity index (χ1) is 10.9. The van der Waals surface area contributed by atoms with Gasteiger partial charge in [-0.3, -0.25) is 9.48 Å². The van der Waals surface area contributed by atoms with E-state index in [0.717, 1.165) is 34.1 Å². The molecule has 2 aromatic rings. The van der Waals surface area contributed by atoms with Gasteiger partial charge in [0, 0.05) is 17.0 Å². The summed E-state index contributed by atoms with van der Waals surface area (Å²) in [7, 11) is 0. The average Bonchev–Trinajstić information content (AvgIpc) is 3.24. The second kappa shape index (κ2) is 6.00. The van der Waals surface area contributed by atoms with Crippen molar-refractivity contribution in [2.45, 2.75) is 46.1 Å². The number of benzene rings is 1. The molecular formula is C18H22ClN3O. The second-order valence-electron chi connectivity index (χ2n) is 6.58. The number of halogens is 1. The zero-order valence-electron chi connectivity index (χ0n) is 13.9. The summed E-state index contributed by atoms with van der Waals surface area (Å²) in [6.07, 6.45) is 0.878. The minimum Gasteiger partial charge on any atom is -0.323 e. The van der Waals surface area contributed by atoms with E-state index in [4.69, 9.17) is 11.6 Å². The maximum absolute atomic E-state index is 12.5. The molecule has 1 aliphatic rings. The fourth-order valence-electron chi connectivity index (χ4n) is 3.15. The largest absolute Gasteiger partial charge is 0.323 e. The number of carbonyl (C=O) groups excluding carboxylic acids is 1. The topological polar surface area (TPSA) is 46.9 Å². The van der Waals surface area contributed by atoms with Gasteiger partial charge in [-0.2, -0.15) is 5.10 Å². The predicted octanol–water partition coefficient (Wildman–Crippen LogP) is 4.48. The van der Waals surface area contributed by atoms with Crippen molar-refractivity contribution in [3.05, 3.63) is 46.2 Å². The number of nitrogens with zero attached hydrogens (tertiary/aromatic N) is 2. The number of amides is 1. The summed E-state index contributed by atoms with van der Waals surface area (Å²) >= 11 is 6.04. The Morgan fingerprint density at radius 1 is 1.39 bits per heavy atom. The number of nitrogens with one attached hydrogen (secondary N) is 1. The van der Waals surface area contributed by atoms with Crippen molar-refractivity contribution < 1.29 is 4.79 Å². The first kappa shape index (κ1) is 16.1. The van der Waals surface area contributed by atoms with Gasteiger partial charge >= 0.3 is 0 Å². The number of aryl methyl sites for hydroxylation is 1. The van der Waals surface area contributed by atoms with E-state index >= 15 is 0 Å². The molecule has 3 rings (SSSR count). The lowest BCUT2D eigenvalue weighted by atomic mass is 10.1. The number of hydrogen-bond acceptors (Lipinski definition) is 2. The second-order valence-corrected chi connectivity index (χ2v) is 7.01. The number of aromatic nitrogens is 2. The molecule has 2 unspecified atom stereocenters. The van der Waals surface area contributed by atoms with Gasteiger partial charge in [0.15, 0.2) is 0 Å². The predicted molar refractivity (Wildman–Crippen MR) is 93.0 cm³/mol. The van der Waals surface area contributed by atoms with Gasteiger partial charge in [-0.1, -0.05) is 23.7 Å². The first-order valence-corrected chi connectivity index (χ1v) is 8.38. The number of anilines is 1. The fraction of sp³-hybridized carbons (Fsp3) is 0.444. The summed E-state index contributed by atoms with van der Waals surface area (Å²) in [6.45, 7) is 8.10. The van der Waals surface area contributed by atoms with E-state index in [1.165, 1.54) is 0 Å². The minimum absolute atomic E-state index is 0.0228. The van der Waals surface area contributed by atoms with Crippen molar-refractivity contribution in [3.8, 4) is 0 Å². The number of hydrogen-bond donors (Lipinski definition) is 1. The highest BCUT2D eigenvalue weighted by Crippen LogP contribution is 2.48. The third-order valence-electron chi connectivity index (χ3n) is 4.47. The lowest BCUT2D eigenvalue weighted by Gasteiger charge is -2.09. The van der Waals surface area contributed by atoms with Crippen LogP contribution in [-0.4, -0.2) is 15.7 Å². The Hall–Kier alpha value is -1.81. The molecule has 0 saturated heterocycles. The van der Waals surface area contributed by atoms with Crippen LogP contribution < -0.4 is 5.32 Å². The Morgan fingerprint density at radius 3 is 2.74 bits per heavy atom. The minimum atomic E-state index is 0.0228. The molecule has 0 bridgehead atoms. The van der Waals surface area contributed by atoms with Crippen molar-refractivity contribution >= 4 is 23.2 Å². The molecule has 1 heterocycles. The Balaban J connectivity index is 1.72. The number of rotatable bonds is 4. The van der Waals surface area contributed by atoms with Crippen molar-refractivity contribution in [3.63, 3.8) is 0 Å². The van der Waals surface area contributed by atoms with Crippen LogP contribution in [0.4, 0.5) is 5.69 Å².